The molecule has 0 spiro atoms. The number of fused-ring (bicyclic) bond motifs is 2. The lowest BCUT2D eigenvalue weighted by molar-refractivity contribution is -0.164. The Hall–Kier alpha value is -0.130. The van der Waals surface area contributed by atoms with Gasteiger partial charge in [0.05, 0.1) is 18.5 Å². The van der Waals surface area contributed by atoms with E-state index < -0.39 is 10.0 Å². The minimum atomic E-state index is -2.98. The van der Waals surface area contributed by atoms with Crippen LogP contribution in [0.5, 0.6) is 0 Å². The molecule has 3 fully saturated rings. The van der Waals surface area contributed by atoms with E-state index in [4.69, 9.17) is 4.74 Å². The molecule has 3 aliphatic heterocycles. The van der Waals surface area contributed by atoms with Crippen molar-refractivity contribution >= 4 is 10.0 Å². The summed E-state index contributed by atoms with van der Waals surface area (Å²) in [6, 6.07) is 0. The molecular weight excluding hydrogens is 166 g/mol. The van der Waals surface area contributed by atoms with Crippen molar-refractivity contribution in [2.24, 2.45) is 0 Å². The van der Waals surface area contributed by atoms with Gasteiger partial charge in [-0.25, -0.2) is 8.42 Å². The summed E-state index contributed by atoms with van der Waals surface area (Å²) in [6.07, 6.45) is 2.62. The molecule has 0 radical (unpaired) electrons. The van der Waals surface area contributed by atoms with Gasteiger partial charge < -0.3 is 4.74 Å². The molecule has 3 rings (SSSR count). The molecule has 64 valence electrons. The molecule has 3 heterocycles. The second-order valence-electron chi connectivity index (χ2n) is 3.20. The summed E-state index contributed by atoms with van der Waals surface area (Å²) in [6.45, 7) is 1.10. The minimum Gasteiger partial charge on any atom is -0.372 e. The van der Waals surface area contributed by atoms with Gasteiger partial charge in [-0.05, 0) is 0 Å². The Morgan fingerprint density at radius 1 is 1.36 bits per heavy atom. The summed E-state index contributed by atoms with van der Waals surface area (Å²) in [5, 5.41) is 0. The van der Waals surface area contributed by atoms with Crippen LogP contribution in [0, 0.1) is 0 Å². The SMILES string of the molecule is CS(=O)(=O)N1CC2C[C@@H](C1)O2. The lowest BCUT2D eigenvalue weighted by Gasteiger charge is -2.45. The number of morpholine rings is 1. The van der Waals surface area contributed by atoms with E-state index in [0.717, 1.165) is 6.42 Å². The summed E-state index contributed by atoms with van der Waals surface area (Å²) in [4.78, 5) is 0. The van der Waals surface area contributed by atoms with Crippen LogP contribution in [0.3, 0.4) is 0 Å². The van der Waals surface area contributed by atoms with E-state index >= 15 is 0 Å². The van der Waals surface area contributed by atoms with E-state index in [2.05, 4.69) is 0 Å². The molecule has 11 heavy (non-hydrogen) atoms. The lowest BCUT2D eigenvalue weighted by Crippen LogP contribution is -2.58. The highest BCUT2D eigenvalue weighted by Crippen LogP contribution is 2.28. The summed E-state index contributed by atoms with van der Waals surface area (Å²) in [5.74, 6) is 0. The molecule has 0 aliphatic carbocycles. The largest absolute Gasteiger partial charge is 0.372 e. The molecular formula is C6H11NO3S. The van der Waals surface area contributed by atoms with E-state index in [9.17, 15) is 8.42 Å². The van der Waals surface area contributed by atoms with Crippen LogP contribution in [-0.2, 0) is 14.8 Å². The van der Waals surface area contributed by atoms with E-state index in [1.54, 1.807) is 0 Å². The molecule has 0 aromatic carbocycles. The molecule has 0 saturated carbocycles. The number of hydrogen-bond donors (Lipinski definition) is 0. The van der Waals surface area contributed by atoms with E-state index in [-0.39, 0.29) is 12.2 Å². The fourth-order valence-corrected chi connectivity index (χ4v) is 2.46. The van der Waals surface area contributed by atoms with Crippen LogP contribution in [0.25, 0.3) is 0 Å². The highest BCUT2D eigenvalue weighted by molar-refractivity contribution is 7.88. The monoisotopic (exact) mass is 177 g/mol. The molecule has 2 atom stereocenters. The fourth-order valence-electron chi connectivity index (χ4n) is 1.59. The highest BCUT2D eigenvalue weighted by Gasteiger charge is 2.41. The first-order valence-corrected chi connectivity index (χ1v) is 5.51. The van der Waals surface area contributed by atoms with Crippen molar-refractivity contribution in [1.29, 1.82) is 0 Å². The van der Waals surface area contributed by atoms with Gasteiger partial charge in [0.15, 0.2) is 0 Å². The number of piperidine rings is 1. The highest BCUT2D eigenvalue weighted by atomic mass is 32.2. The molecule has 0 aromatic heterocycles. The normalized spacial score (nSPS) is 38.3. The van der Waals surface area contributed by atoms with Crippen LogP contribution < -0.4 is 0 Å². The van der Waals surface area contributed by atoms with Gasteiger partial charge in [0.1, 0.15) is 0 Å². The Balaban J connectivity index is 2.09. The second kappa shape index (κ2) is 2.18. The van der Waals surface area contributed by atoms with Crippen molar-refractivity contribution in [3.8, 4) is 0 Å². The zero-order valence-corrected chi connectivity index (χ0v) is 7.17. The fraction of sp³-hybridized carbons (Fsp3) is 1.00. The Kier molecular flexibility index (Phi) is 1.49. The van der Waals surface area contributed by atoms with Crippen molar-refractivity contribution in [3.05, 3.63) is 0 Å². The van der Waals surface area contributed by atoms with Gasteiger partial charge in [0.25, 0.3) is 0 Å². The van der Waals surface area contributed by atoms with E-state index in [0.29, 0.717) is 13.1 Å². The molecule has 0 N–H and O–H groups in total. The summed E-state index contributed by atoms with van der Waals surface area (Å²) in [7, 11) is -2.98. The van der Waals surface area contributed by atoms with Crippen molar-refractivity contribution in [2.75, 3.05) is 19.3 Å². The lowest BCUT2D eigenvalue weighted by atomic mass is 10.0. The Labute approximate surface area is 66.2 Å². The van der Waals surface area contributed by atoms with Gasteiger partial charge in [0.2, 0.25) is 10.0 Å². The average Bonchev–Trinajstić information content (AvgIpc) is 1.84. The smallest absolute Gasteiger partial charge is 0.211 e. The maximum absolute atomic E-state index is 11.0. The average molecular weight is 177 g/mol. The first-order chi connectivity index (χ1) is 5.05. The number of hydrogen-bond acceptors (Lipinski definition) is 3. The maximum Gasteiger partial charge on any atom is 0.211 e. The minimum absolute atomic E-state index is 0.170. The second-order valence-corrected chi connectivity index (χ2v) is 5.18. The first kappa shape index (κ1) is 7.52. The van der Waals surface area contributed by atoms with E-state index in [1.165, 1.54) is 10.6 Å². The Morgan fingerprint density at radius 2 is 1.82 bits per heavy atom. The van der Waals surface area contributed by atoms with Gasteiger partial charge in [0, 0.05) is 19.5 Å². The number of sulfonamides is 1. The van der Waals surface area contributed by atoms with Crippen molar-refractivity contribution in [3.63, 3.8) is 0 Å². The number of ether oxygens (including phenoxy) is 1. The molecule has 2 bridgehead atoms. The van der Waals surface area contributed by atoms with Gasteiger partial charge in [-0.15, -0.1) is 0 Å². The zero-order chi connectivity index (χ0) is 8.06. The quantitative estimate of drug-likeness (QED) is 0.538. The molecule has 0 aromatic rings. The molecule has 1 unspecified atom stereocenters. The van der Waals surface area contributed by atoms with E-state index in [1.807, 2.05) is 0 Å². The van der Waals surface area contributed by atoms with Gasteiger partial charge in [-0.3, -0.25) is 0 Å². The molecule has 5 heteroatoms. The number of nitrogens with zero attached hydrogens (tertiary/aromatic N) is 1. The summed E-state index contributed by atoms with van der Waals surface area (Å²) in [5.41, 5.74) is 0. The van der Waals surface area contributed by atoms with Crippen molar-refractivity contribution in [1.82, 2.24) is 4.31 Å². The third-order valence-corrected chi connectivity index (χ3v) is 3.43. The van der Waals surface area contributed by atoms with Crippen LogP contribution in [-0.4, -0.2) is 44.3 Å². The molecule has 0 amide bonds. The van der Waals surface area contributed by atoms with Gasteiger partial charge in [-0.1, -0.05) is 0 Å². The standard InChI is InChI=1S/C6H11NO3S/c1-11(8,9)7-3-5-2-6(4-7)10-5/h5-6H,2-4H2,1H3/t5-,6?/m0/s1. The third-order valence-electron chi connectivity index (χ3n) is 2.19. The van der Waals surface area contributed by atoms with Crippen molar-refractivity contribution in [2.45, 2.75) is 18.6 Å². The third kappa shape index (κ3) is 1.28. The van der Waals surface area contributed by atoms with Crippen LogP contribution in [0.4, 0.5) is 0 Å². The van der Waals surface area contributed by atoms with Crippen LogP contribution in [0.1, 0.15) is 6.42 Å². The zero-order valence-electron chi connectivity index (χ0n) is 6.36. The topological polar surface area (TPSA) is 46.6 Å². The van der Waals surface area contributed by atoms with Crippen LogP contribution in [0.15, 0.2) is 0 Å². The van der Waals surface area contributed by atoms with Crippen LogP contribution >= 0.6 is 0 Å². The summed E-state index contributed by atoms with van der Waals surface area (Å²) >= 11 is 0. The van der Waals surface area contributed by atoms with Crippen molar-refractivity contribution < 1.29 is 13.2 Å². The molecule has 3 aliphatic rings. The molecule has 3 saturated heterocycles. The Bertz CT molecular complexity index is 245. The Morgan fingerprint density at radius 3 is 2.09 bits per heavy atom. The predicted octanol–water partition coefficient (Wildman–Crippen LogP) is -0.581. The number of rotatable bonds is 1. The summed E-state index contributed by atoms with van der Waals surface area (Å²) < 4.78 is 28.8. The maximum atomic E-state index is 11.0. The van der Waals surface area contributed by atoms with Gasteiger partial charge >= 0.3 is 0 Å². The predicted molar refractivity (Wildman–Crippen MR) is 39.7 cm³/mol. The first-order valence-electron chi connectivity index (χ1n) is 3.66. The van der Waals surface area contributed by atoms with Gasteiger partial charge in [-0.2, -0.15) is 4.31 Å². The van der Waals surface area contributed by atoms with Crippen LogP contribution in [0.2, 0.25) is 0 Å². The molecule has 4 nitrogen and oxygen atoms in total.